The standard InChI is InChI=1S/C14H19ClN2O3/c1-19-12-6-10(15)11(7-13(12)20-2)17-14(18)5-9-3-4-16-8-9/h6-7,9,16H,3-5,8H2,1-2H3,(H,17,18). The summed E-state index contributed by atoms with van der Waals surface area (Å²) in [4.78, 5) is 12.0. The number of amides is 1. The van der Waals surface area contributed by atoms with Gasteiger partial charge in [0.15, 0.2) is 11.5 Å². The molecule has 1 aromatic carbocycles. The van der Waals surface area contributed by atoms with E-state index in [-0.39, 0.29) is 5.91 Å². The highest BCUT2D eigenvalue weighted by molar-refractivity contribution is 6.34. The summed E-state index contributed by atoms with van der Waals surface area (Å²) in [7, 11) is 3.08. The average molecular weight is 299 g/mol. The Morgan fingerprint density at radius 3 is 2.70 bits per heavy atom. The molecule has 6 heteroatoms. The summed E-state index contributed by atoms with van der Waals surface area (Å²) >= 11 is 6.14. The molecule has 1 saturated heterocycles. The van der Waals surface area contributed by atoms with Crippen molar-refractivity contribution in [3.8, 4) is 11.5 Å². The number of hydrogen-bond donors (Lipinski definition) is 2. The largest absolute Gasteiger partial charge is 0.493 e. The van der Waals surface area contributed by atoms with Crippen LogP contribution in [-0.4, -0.2) is 33.2 Å². The Morgan fingerprint density at radius 1 is 1.40 bits per heavy atom. The molecule has 0 radical (unpaired) electrons. The van der Waals surface area contributed by atoms with Crippen LogP contribution >= 0.6 is 11.6 Å². The highest BCUT2D eigenvalue weighted by Crippen LogP contribution is 2.36. The molecule has 1 aliphatic rings. The van der Waals surface area contributed by atoms with Crippen LogP contribution < -0.4 is 20.1 Å². The molecule has 20 heavy (non-hydrogen) atoms. The number of halogens is 1. The van der Waals surface area contributed by atoms with Crippen molar-refractivity contribution < 1.29 is 14.3 Å². The fourth-order valence-electron chi connectivity index (χ4n) is 2.30. The van der Waals surface area contributed by atoms with Crippen LogP contribution in [0.1, 0.15) is 12.8 Å². The van der Waals surface area contributed by atoms with E-state index in [1.807, 2.05) is 0 Å². The molecule has 1 atom stereocenters. The number of carbonyl (C=O) groups excluding carboxylic acids is 1. The lowest BCUT2D eigenvalue weighted by Gasteiger charge is -2.13. The molecule has 0 spiro atoms. The van der Waals surface area contributed by atoms with Crippen LogP contribution in [-0.2, 0) is 4.79 Å². The Bertz CT molecular complexity index is 488. The van der Waals surface area contributed by atoms with Gasteiger partial charge in [0.25, 0.3) is 0 Å². The number of hydrogen-bond acceptors (Lipinski definition) is 4. The number of anilines is 1. The summed E-state index contributed by atoms with van der Waals surface area (Å²) in [5, 5.41) is 6.50. The summed E-state index contributed by atoms with van der Waals surface area (Å²) in [5.41, 5.74) is 0.542. The third-order valence-corrected chi connectivity index (χ3v) is 3.70. The van der Waals surface area contributed by atoms with Crippen LogP contribution in [0, 0.1) is 5.92 Å². The second kappa shape index (κ2) is 6.81. The monoisotopic (exact) mass is 298 g/mol. The number of benzene rings is 1. The highest BCUT2D eigenvalue weighted by Gasteiger charge is 2.19. The van der Waals surface area contributed by atoms with E-state index in [1.54, 1.807) is 26.4 Å². The molecule has 0 aliphatic carbocycles. The molecule has 2 N–H and O–H groups in total. The van der Waals surface area contributed by atoms with Gasteiger partial charge in [-0.15, -0.1) is 0 Å². The lowest BCUT2D eigenvalue weighted by atomic mass is 10.0. The zero-order chi connectivity index (χ0) is 14.5. The smallest absolute Gasteiger partial charge is 0.224 e. The van der Waals surface area contributed by atoms with Gasteiger partial charge in [-0.05, 0) is 25.4 Å². The Balaban J connectivity index is 2.06. The zero-order valence-electron chi connectivity index (χ0n) is 11.7. The molecule has 2 rings (SSSR count). The second-order valence-corrected chi connectivity index (χ2v) is 5.21. The maximum absolute atomic E-state index is 12.0. The minimum atomic E-state index is -0.0344. The first-order valence-electron chi connectivity index (χ1n) is 6.56. The van der Waals surface area contributed by atoms with Gasteiger partial charge in [-0.2, -0.15) is 0 Å². The Labute approximate surface area is 123 Å². The molecule has 1 unspecified atom stereocenters. The molecule has 1 aliphatic heterocycles. The SMILES string of the molecule is COc1cc(Cl)c(NC(=O)CC2CCNC2)cc1OC. The van der Waals surface area contributed by atoms with Gasteiger partial charge in [0.2, 0.25) is 5.91 Å². The van der Waals surface area contributed by atoms with Crippen molar-refractivity contribution in [2.75, 3.05) is 32.6 Å². The Kier molecular flexibility index (Phi) is 5.09. The van der Waals surface area contributed by atoms with Gasteiger partial charge in [-0.1, -0.05) is 11.6 Å². The van der Waals surface area contributed by atoms with Crippen molar-refractivity contribution >= 4 is 23.2 Å². The van der Waals surface area contributed by atoms with Crippen LogP contribution in [0.4, 0.5) is 5.69 Å². The molecule has 0 aromatic heterocycles. The van der Waals surface area contributed by atoms with Crippen LogP contribution in [0.3, 0.4) is 0 Å². The van der Waals surface area contributed by atoms with Gasteiger partial charge in [0, 0.05) is 18.6 Å². The molecule has 1 aromatic rings. The summed E-state index contributed by atoms with van der Waals surface area (Å²) in [6, 6.07) is 3.30. The van der Waals surface area contributed by atoms with Gasteiger partial charge < -0.3 is 20.1 Å². The summed E-state index contributed by atoms with van der Waals surface area (Å²) in [6.45, 7) is 1.88. The third-order valence-electron chi connectivity index (χ3n) is 3.38. The van der Waals surface area contributed by atoms with E-state index < -0.39 is 0 Å². The normalized spacial score (nSPS) is 17.9. The van der Waals surface area contributed by atoms with Gasteiger partial charge in [0.1, 0.15) is 0 Å². The first-order valence-corrected chi connectivity index (χ1v) is 6.94. The van der Waals surface area contributed by atoms with E-state index in [2.05, 4.69) is 10.6 Å². The van der Waals surface area contributed by atoms with Crippen LogP contribution in [0.25, 0.3) is 0 Å². The quantitative estimate of drug-likeness (QED) is 0.876. The maximum Gasteiger partial charge on any atom is 0.224 e. The van der Waals surface area contributed by atoms with Crippen LogP contribution in [0.2, 0.25) is 5.02 Å². The predicted molar refractivity (Wildman–Crippen MR) is 78.8 cm³/mol. The predicted octanol–water partition coefficient (Wildman–Crippen LogP) is 2.30. The Morgan fingerprint density at radius 2 is 2.10 bits per heavy atom. The molecule has 1 heterocycles. The first kappa shape index (κ1) is 14.9. The first-order chi connectivity index (χ1) is 9.63. The van der Waals surface area contributed by atoms with E-state index in [0.717, 1.165) is 19.5 Å². The van der Waals surface area contributed by atoms with Crippen molar-refractivity contribution in [1.29, 1.82) is 0 Å². The van der Waals surface area contributed by atoms with Crippen molar-refractivity contribution in [3.63, 3.8) is 0 Å². The number of methoxy groups -OCH3 is 2. The van der Waals surface area contributed by atoms with Crippen molar-refractivity contribution in [2.24, 2.45) is 5.92 Å². The molecule has 1 fully saturated rings. The molecule has 0 bridgehead atoms. The van der Waals surface area contributed by atoms with E-state index in [1.165, 1.54) is 0 Å². The average Bonchev–Trinajstić information content (AvgIpc) is 2.93. The lowest BCUT2D eigenvalue weighted by Crippen LogP contribution is -2.18. The maximum atomic E-state index is 12.0. The fraction of sp³-hybridized carbons (Fsp3) is 0.500. The van der Waals surface area contributed by atoms with Crippen LogP contribution in [0.15, 0.2) is 12.1 Å². The topological polar surface area (TPSA) is 59.6 Å². The van der Waals surface area contributed by atoms with Crippen molar-refractivity contribution in [2.45, 2.75) is 12.8 Å². The molecule has 5 nitrogen and oxygen atoms in total. The summed E-state index contributed by atoms with van der Waals surface area (Å²) in [6.07, 6.45) is 1.53. The molecule has 0 saturated carbocycles. The van der Waals surface area contributed by atoms with Gasteiger partial charge in [-0.3, -0.25) is 4.79 Å². The molecular formula is C14H19ClN2O3. The summed E-state index contributed by atoms with van der Waals surface area (Å²) in [5.74, 6) is 1.44. The van der Waals surface area contributed by atoms with Gasteiger partial charge >= 0.3 is 0 Å². The van der Waals surface area contributed by atoms with E-state index in [4.69, 9.17) is 21.1 Å². The van der Waals surface area contributed by atoms with Crippen molar-refractivity contribution in [3.05, 3.63) is 17.2 Å². The van der Waals surface area contributed by atoms with E-state index >= 15 is 0 Å². The van der Waals surface area contributed by atoms with Gasteiger partial charge in [-0.25, -0.2) is 0 Å². The van der Waals surface area contributed by atoms with Crippen molar-refractivity contribution in [1.82, 2.24) is 5.32 Å². The number of ether oxygens (including phenoxy) is 2. The van der Waals surface area contributed by atoms with E-state index in [0.29, 0.717) is 34.5 Å². The molecular weight excluding hydrogens is 280 g/mol. The molecule has 1 amide bonds. The highest BCUT2D eigenvalue weighted by atomic mass is 35.5. The number of rotatable bonds is 5. The number of carbonyl (C=O) groups is 1. The summed E-state index contributed by atoms with van der Waals surface area (Å²) < 4.78 is 10.4. The minimum absolute atomic E-state index is 0.0344. The zero-order valence-corrected chi connectivity index (χ0v) is 12.4. The number of nitrogens with one attached hydrogen (secondary N) is 2. The lowest BCUT2D eigenvalue weighted by molar-refractivity contribution is -0.116. The fourth-order valence-corrected chi connectivity index (χ4v) is 2.50. The molecule has 110 valence electrons. The van der Waals surface area contributed by atoms with Crippen LogP contribution in [0.5, 0.6) is 11.5 Å². The second-order valence-electron chi connectivity index (χ2n) is 4.80. The minimum Gasteiger partial charge on any atom is -0.493 e. The van der Waals surface area contributed by atoms with E-state index in [9.17, 15) is 4.79 Å². The third kappa shape index (κ3) is 3.55. The van der Waals surface area contributed by atoms with Gasteiger partial charge in [0.05, 0.1) is 24.9 Å². The Hall–Kier alpha value is -1.46.